The van der Waals surface area contributed by atoms with Crippen LogP contribution >= 0.6 is 0 Å². The van der Waals surface area contributed by atoms with Gasteiger partial charge < -0.3 is 14.6 Å². The van der Waals surface area contributed by atoms with Gasteiger partial charge in [-0.05, 0) is 13.5 Å². The summed E-state index contributed by atoms with van der Waals surface area (Å²) in [5, 5.41) is 9.93. The third kappa shape index (κ3) is 1.66. The number of aldehydes is 1. The molecule has 7 nitrogen and oxygen atoms in total. The second kappa shape index (κ2) is 4.45. The first-order chi connectivity index (χ1) is 9.54. The molecule has 1 aromatic heterocycles. The number of carbonyl (C=O) groups is 2. The van der Waals surface area contributed by atoms with Gasteiger partial charge in [-0.2, -0.15) is 0 Å². The zero-order chi connectivity index (χ0) is 14.4. The number of amides is 1. The molecule has 7 heteroatoms. The first kappa shape index (κ1) is 12.9. The maximum absolute atomic E-state index is 12.5. The number of carbonyl (C=O) groups excluding carboxylic acids is 2. The van der Waals surface area contributed by atoms with Gasteiger partial charge in [-0.25, -0.2) is 0 Å². The number of aromatic nitrogens is 1. The topological polar surface area (TPSA) is 82.8 Å². The van der Waals surface area contributed by atoms with E-state index in [2.05, 4.69) is 4.90 Å². The lowest BCUT2D eigenvalue weighted by Crippen LogP contribution is -2.59. The predicted octanol–water partition coefficient (Wildman–Crippen LogP) is -0.516. The molecule has 1 atom stereocenters. The number of hydrogen-bond acceptors (Lipinski definition) is 5. The lowest BCUT2D eigenvalue weighted by Gasteiger charge is -2.45. The molecule has 0 spiro atoms. The quantitative estimate of drug-likeness (QED) is 0.699. The zero-order valence-corrected chi connectivity index (χ0v) is 11.1. The largest absolute Gasteiger partial charge is 0.503 e. The zero-order valence-electron chi connectivity index (χ0n) is 11.1. The number of rotatable bonds is 1. The van der Waals surface area contributed by atoms with E-state index >= 15 is 0 Å². The third-order valence-electron chi connectivity index (χ3n) is 4.01. The van der Waals surface area contributed by atoms with E-state index in [-0.39, 0.29) is 23.3 Å². The van der Waals surface area contributed by atoms with Gasteiger partial charge in [-0.1, -0.05) is 0 Å². The van der Waals surface area contributed by atoms with Crippen molar-refractivity contribution in [3.63, 3.8) is 0 Å². The van der Waals surface area contributed by atoms with Crippen molar-refractivity contribution in [1.82, 2.24) is 14.4 Å². The summed E-state index contributed by atoms with van der Waals surface area (Å²) in [4.78, 5) is 38.8. The van der Waals surface area contributed by atoms with Crippen LogP contribution in [0, 0.1) is 0 Å². The summed E-state index contributed by atoms with van der Waals surface area (Å²) in [5.41, 5.74) is -0.943. The molecule has 1 N–H and O–H groups in total. The molecular weight excluding hydrogens is 262 g/mol. The number of likely N-dealkylation sites (N-methyl/N-ethyl adjacent to an activating group) is 1. The van der Waals surface area contributed by atoms with E-state index in [1.54, 1.807) is 4.90 Å². The summed E-state index contributed by atoms with van der Waals surface area (Å²) in [7, 11) is 1.93. The Morgan fingerprint density at radius 2 is 2.10 bits per heavy atom. The highest BCUT2D eigenvalue weighted by Gasteiger charge is 2.38. The normalized spacial score (nSPS) is 22.4. The van der Waals surface area contributed by atoms with E-state index in [1.165, 1.54) is 10.8 Å². The van der Waals surface area contributed by atoms with Crippen molar-refractivity contribution in [2.45, 2.75) is 19.1 Å². The Kier molecular flexibility index (Phi) is 2.86. The number of pyridine rings is 1. The van der Waals surface area contributed by atoms with E-state index in [4.69, 9.17) is 0 Å². The lowest BCUT2D eigenvalue weighted by atomic mass is 10.1. The molecule has 1 fully saturated rings. The van der Waals surface area contributed by atoms with Crippen LogP contribution in [0.25, 0.3) is 0 Å². The number of fused-ring (bicyclic) bond motifs is 2. The van der Waals surface area contributed by atoms with E-state index < -0.39 is 11.2 Å². The molecule has 106 valence electrons. The third-order valence-corrected chi connectivity index (χ3v) is 4.01. The number of hydrogen-bond donors (Lipinski definition) is 1. The molecule has 1 unspecified atom stereocenters. The fourth-order valence-electron chi connectivity index (χ4n) is 2.94. The van der Waals surface area contributed by atoms with Crippen molar-refractivity contribution < 1.29 is 14.7 Å². The van der Waals surface area contributed by atoms with Crippen LogP contribution in [0.5, 0.6) is 5.75 Å². The summed E-state index contributed by atoms with van der Waals surface area (Å²) >= 11 is 0. The first-order valence-electron chi connectivity index (χ1n) is 6.47. The molecular formula is C13H15N3O4. The average Bonchev–Trinajstić information content (AvgIpc) is 2.44. The predicted molar refractivity (Wildman–Crippen MR) is 69.8 cm³/mol. The van der Waals surface area contributed by atoms with Crippen molar-refractivity contribution in [3.05, 3.63) is 27.7 Å². The lowest BCUT2D eigenvalue weighted by molar-refractivity contribution is 0.00161. The van der Waals surface area contributed by atoms with Crippen LogP contribution in [-0.2, 0) is 6.54 Å². The Morgan fingerprint density at radius 1 is 1.35 bits per heavy atom. The van der Waals surface area contributed by atoms with Crippen molar-refractivity contribution in [2.75, 3.05) is 20.1 Å². The molecule has 2 aliphatic rings. The highest BCUT2D eigenvalue weighted by molar-refractivity contribution is 5.96. The summed E-state index contributed by atoms with van der Waals surface area (Å²) in [6.07, 6.45) is 2.50. The van der Waals surface area contributed by atoms with Gasteiger partial charge in [0.25, 0.3) is 5.91 Å². The molecule has 1 amide bonds. The molecule has 0 saturated carbocycles. The van der Waals surface area contributed by atoms with Crippen LogP contribution < -0.4 is 5.43 Å². The van der Waals surface area contributed by atoms with E-state index in [9.17, 15) is 19.5 Å². The highest BCUT2D eigenvalue weighted by atomic mass is 16.3. The number of nitrogens with zero attached hydrogens (tertiary/aromatic N) is 3. The maximum Gasteiger partial charge on any atom is 0.275 e. The smallest absolute Gasteiger partial charge is 0.275 e. The van der Waals surface area contributed by atoms with Gasteiger partial charge in [0.15, 0.2) is 17.7 Å². The summed E-state index contributed by atoms with van der Waals surface area (Å²) in [6.45, 7) is 1.93. The van der Waals surface area contributed by atoms with E-state index in [0.717, 1.165) is 13.0 Å². The monoisotopic (exact) mass is 277 g/mol. The van der Waals surface area contributed by atoms with Crippen LogP contribution in [0.3, 0.4) is 0 Å². The van der Waals surface area contributed by atoms with Gasteiger partial charge in [-0.15, -0.1) is 0 Å². The Hall–Kier alpha value is -2.15. The van der Waals surface area contributed by atoms with Crippen LogP contribution in [0.4, 0.5) is 0 Å². The second-order valence-corrected chi connectivity index (χ2v) is 5.19. The minimum Gasteiger partial charge on any atom is -0.503 e. The fraction of sp³-hybridized carbons (Fsp3) is 0.462. The second-order valence-electron chi connectivity index (χ2n) is 5.19. The molecule has 0 bridgehead atoms. The molecule has 3 rings (SSSR count). The Labute approximate surface area is 115 Å². The first-order valence-corrected chi connectivity index (χ1v) is 6.47. The minimum atomic E-state index is -0.789. The molecule has 0 aromatic carbocycles. The number of aromatic hydroxyl groups is 1. The fourth-order valence-corrected chi connectivity index (χ4v) is 2.94. The van der Waals surface area contributed by atoms with Gasteiger partial charge in [0.1, 0.15) is 6.17 Å². The van der Waals surface area contributed by atoms with Crippen molar-refractivity contribution in [2.24, 2.45) is 0 Å². The SMILES string of the molecule is CN1CCCN2C(=O)c3c(O)c(=O)c(C=O)cn3CC12. The summed E-state index contributed by atoms with van der Waals surface area (Å²) < 4.78 is 1.51. The Bertz CT molecular complexity index is 652. The van der Waals surface area contributed by atoms with Crippen LogP contribution in [-0.4, -0.2) is 58.0 Å². The van der Waals surface area contributed by atoms with Crippen LogP contribution in [0.1, 0.15) is 27.3 Å². The van der Waals surface area contributed by atoms with Crippen LogP contribution in [0.2, 0.25) is 0 Å². The highest BCUT2D eigenvalue weighted by Crippen LogP contribution is 2.26. The molecule has 20 heavy (non-hydrogen) atoms. The van der Waals surface area contributed by atoms with Gasteiger partial charge in [0.05, 0.1) is 12.1 Å². The average molecular weight is 277 g/mol. The Balaban J connectivity index is 2.17. The molecule has 1 saturated heterocycles. The van der Waals surface area contributed by atoms with Gasteiger partial charge in [0.2, 0.25) is 5.43 Å². The van der Waals surface area contributed by atoms with Crippen molar-refractivity contribution >= 4 is 12.2 Å². The summed E-state index contributed by atoms with van der Waals surface area (Å²) in [5.74, 6) is -0.994. The van der Waals surface area contributed by atoms with Gasteiger partial charge in [-0.3, -0.25) is 19.3 Å². The van der Waals surface area contributed by atoms with E-state index in [0.29, 0.717) is 19.4 Å². The molecule has 2 aliphatic heterocycles. The standard InChI is InChI=1S/C13H15N3O4/c1-14-3-2-4-16-9(14)6-15-5-8(7-17)11(18)12(19)10(15)13(16)20/h5,7,9,19H,2-4,6H2,1H3. The maximum atomic E-state index is 12.5. The van der Waals surface area contributed by atoms with Crippen molar-refractivity contribution in [3.8, 4) is 5.75 Å². The van der Waals surface area contributed by atoms with E-state index in [1.807, 2.05) is 7.05 Å². The minimum absolute atomic E-state index is 0.0212. The van der Waals surface area contributed by atoms with Crippen LogP contribution in [0.15, 0.2) is 11.0 Å². The molecule has 1 aromatic rings. The molecule has 0 aliphatic carbocycles. The summed E-state index contributed by atoms with van der Waals surface area (Å²) in [6, 6.07) is 0. The Morgan fingerprint density at radius 3 is 2.80 bits per heavy atom. The van der Waals surface area contributed by atoms with Crippen molar-refractivity contribution in [1.29, 1.82) is 0 Å². The molecule has 0 radical (unpaired) electrons. The van der Waals surface area contributed by atoms with Gasteiger partial charge >= 0.3 is 0 Å². The molecule has 3 heterocycles. The van der Waals surface area contributed by atoms with Gasteiger partial charge in [0, 0.05) is 19.3 Å².